The molecule has 1 aliphatic rings. The fourth-order valence-corrected chi connectivity index (χ4v) is 4.64. The Bertz CT molecular complexity index is 1460. The minimum absolute atomic E-state index is 0.227. The predicted octanol–water partition coefficient (Wildman–Crippen LogP) is 5.79. The molecular weight excluding hydrogens is 448 g/mol. The van der Waals surface area contributed by atoms with Crippen LogP contribution >= 0.6 is 0 Å². The van der Waals surface area contributed by atoms with Gasteiger partial charge < -0.3 is 11.1 Å². The van der Waals surface area contributed by atoms with Crippen LogP contribution in [0, 0.1) is 0 Å². The van der Waals surface area contributed by atoms with Crippen molar-refractivity contribution in [1.29, 1.82) is 0 Å². The van der Waals surface area contributed by atoms with Gasteiger partial charge in [0, 0.05) is 6.54 Å². The first kappa shape index (κ1) is 23.7. The van der Waals surface area contributed by atoms with E-state index in [0.29, 0.717) is 34.7 Å². The van der Waals surface area contributed by atoms with Crippen molar-refractivity contribution in [3.05, 3.63) is 76.9 Å². The lowest BCUT2D eigenvalue weighted by molar-refractivity contribution is 0.0956. The summed E-state index contributed by atoms with van der Waals surface area (Å²) in [5.41, 5.74) is 12.8. The van der Waals surface area contributed by atoms with E-state index in [1.165, 1.54) is 28.7 Å². The summed E-state index contributed by atoms with van der Waals surface area (Å²) in [6, 6.07) is 15.8. The summed E-state index contributed by atoms with van der Waals surface area (Å²) in [6.45, 7) is 4.89. The predicted molar refractivity (Wildman–Crippen MR) is 146 cm³/mol. The SMILES string of the molecule is CC(C)c1ccc(/C=N\n2c(N)c(C(=O)NCCC3=CCCCC3)c3nc4ccccc4nc32)cc1. The first-order valence-corrected chi connectivity index (χ1v) is 12.7. The Morgan fingerprint density at radius 2 is 1.86 bits per heavy atom. The lowest BCUT2D eigenvalue weighted by atomic mass is 9.97. The van der Waals surface area contributed by atoms with Crippen LogP contribution in [0.15, 0.2) is 65.3 Å². The van der Waals surface area contributed by atoms with E-state index in [4.69, 9.17) is 15.7 Å². The second kappa shape index (κ2) is 10.3. The number of amides is 1. The molecule has 2 heterocycles. The van der Waals surface area contributed by atoms with E-state index in [9.17, 15) is 4.79 Å². The van der Waals surface area contributed by atoms with Crippen molar-refractivity contribution in [3.63, 3.8) is 0 Å². The minimum atomic E-state index is -0.256. The standard InChI is InChI=1S/C29H32N6O/c1-19(2)22-14-12-21(13-15-22)18-32-35-27(30)25(29(36)31-17-16-20-8-4-3-5-9-20)26-28(35)34-24-11-7-6-10-23(24)33-26/h6-8,10-15,18-19H,3-5,9,16-17,30H2,1-2H3,(H,31,36)/b32-18-. The highest BCUT2D eigenvalue weighted by Crippen LogP contribution is 2.28. The molecule has 1 amide bonds. The van der Waals surface area contributed by atoms with Gasteiger partial charge in [0.1, 0.15) is 16.9 Å². The molecule has 0 radical (unpaired) electrons. The van der Waals surface area contributed by atoms with Crippen LogP contribution in [0.4, 0.5) is 5.82 Å². The maximum Gasteiger partial charge on any atom is 0.257 e. The van der Waals surface area contributed by atoms with Gasteiger partial charge in [-0.25, -0.2) is 9.97 Å². The first-order chi connectivity index (χ1) is 17.5. The Balaban J connectivity index is 1.49. The Kier molecular flexibility index (Phi) is 6.80. The molecule has 0 saturated carbocycles. The zero-order valence-electron chi connectivity index (χ0n) is 20.9. The summed E-state index contributed by atoms with van der Waals surface area (Å²) in [5.74, 6) is 0.428. The van der Waals surface area contributed by atoms with Crippen molar-refractivity contribution >= 4 is 40.1 Å². The highest BCUT2D eigenvalue weighted by atomic mass is 16.1. The number of hydrogen-bond donors (Lipinski definition) is 2. The van der Waals surface area contributed by atoms with E-state index in [1.54, 1.807) is 6.21 Å². The monoisotopic (exact) mass is 480 g/mol. The third-order valence-corrected chi connectivity index (χ3v) is 6.74. The van der Waals surface area contributed by atoms with Crippen LogP contribution in [0.5, 0.6) is 0 Å². The molecule has 0 spiro atoms. The van der Waals surface area contributed by atoms with Gasteiger partial charge in [-0.2, -0.15) is 9.78 Å². The van der Waals surface area contributed by atoms with Crippen LogP contribution < -0.4 is 11.1 Å². The number of carbonyl (C=O) groups is 1. The third-order valence-electron chi connectivity index (χ3n) is 6.74. The number of nitrogens with one attached hydrogen (secondary N) is 1. The number of nitrogen functional groups attached to an aromatic ring is 1. The summed E-state index contributed by atoms with van der Waals surface area (Å²) in [4.78, 5) is 22.8. The van der Waals surface area contributed by atoms with Crippen LogP contribution in [-0.4, -0.2) is 33.3 Å². The Morgan fingerprint density at radius 3 is 2.56 bits per heavy atom. The minimum Gasteiger partial charge on any atom is -0.383 e. The van der Waals surface area contributed by atoms with Crippen LogP contribution in [0.2, 0.25) is 0 Å². The Labute approximate surface area is 211 Å². The van der Waals surface area contributed by atoms with Gasteiger partial charge in [0.05, 0.1) is 17.2 Å². The van der Waals surface area contributed by atoms with Crippen molar-refractivity contribution in [2.75, 3.05) is 12.3 Å². The molecule has 7 nitrogen and oxygen atoms in total. The highest BCUT2D eigenvalue weighted by Gasteiger charge is 2.24. The molecule has 0 bridgehead atoms. The van der Waals surface area contributed by atoms with E-state index < -0.39 is 0 Å². The van der Waals surface area contributed by atoms with Crippen molar-refractivity contribution in [2.45, 2.75) is 51.9 Å². The van der Waals surface area contributed by atoms with E-state index in [2.05, 4.69) is 42.5 Å². The van der Waals surface area contributed by atoms with Gasteiger partial charge in [-0.05, 0) is 61.3 Å². The number of benzene rings is 2. The number of allylic oxidation sites excluding steroid dienone is 1. The van der Waals surface area contributed by atoms with Crippen molar-refractivity contribution < 1.29 is 4.79 Å². The zero-order valence-corrected chi connectivity index (χ0v) is 20.9. The van der Waals surface area contributed by atoms with E-state index in [0.717, 1.165) is 30.3 Å². The molecule has 3 N–H and O–H groups in total. The number of para-hydroxylation sites is 2. The lowest BCUT2D eigenvalue weighted by Crippen LogP contribution is -2.25. The molecule has 4 aromatic rings. The first-order valence-electron chi connectivity index (χ1n) is 12.7. The Morgan fingerprint density at radius 1 is 1.11 bits per heavy atom. The van der Waals surface area contributed by atoms with Gasteiger partial charge in [0.2, 0.25) is 0 Å². The molecule has 1 aliphatic carbocycles. The molecule has 5 rings (SSSR count). The van der Waals surface area contributed by atoms with Crippen molar-refractivity contribution in [2.24, 2.45) is 5.10 Å². The quantitative estimate of drug-likeness (QED) is 0.258. The molecule has 0 fully saturated rings. The van der Waals surface area contributed by atoms with Gasteiger partial charge in [-0.1, -0.05) is 61.9 Å². The number of nitrogens with two attached hydrogens (primary N) is 1. The average molecular weight is 481 g/mol. The van der Waals surface area contributed by atoms with Gasteiger partial charge in [0.15, 0.2) is 5.65 Å². The number of aromatic nitrogens is 3. The van der Waals surface area contributed by atoms with Crippen LogP contribution in [0.1, 0.15) is 73.4 Å². The van der Waals surface area contributed by atoms with E-state index in [-0.39, 0.29) is 11.7 Å². The molecule has 0 saturated heterocycles. The summed E-state index contributed by atoms with van der Waals surface area (Å²) < 4.78 is 1.52. The largest absolute Gasteiger partial charge is 0.383 e. The van der Waals surface area contributed by atoms with Crippen molar-refractivity contribution in [3.8, 4) is 0 Å². The topological polar surface area (TPSA) is 98.2 Å². The summed E-state index contributed by atoms with van der Waals surface area (Å²) >= 11 is 0. The number of anilines is 1. The van der Waals surface area contributed by atoms with Gasteiger partial charge >= 0.3 is 0 Å². The second-order valence-corrected chi connectivity index (χ2v) is 9.64. The smallest absolute Gasteiger partial charge is 0.257 e. The number of rotatable bonds is 7. The molecule has 0 unspecified atom stereocenters. The number of hydrogen-bond acceptors (Lipinski definition) is 5. The van der Waals surface area contributed by atoms with Crippen LogP contribution in [-0.2, 0) is 0 Å². The summed E-state index contributed by atoms with van der Waals surface area (Å²) in [7, 11) is 0. The third kappa shape index (κ3) is 4.87. The molecule has 36 heavy (non-hydrogen) atoms. The lowest BCUT2D eigenvalue weighted by Gasteiger charge is -2.12. The van der Waals surface area contributed by atoms with Gasteiger partial charge in [0.25, 0.3) is 5.91 Å². The molecule has 2 aromatic carbocycles. The number of carbonyl (C=O) groups excluding carboxylic acids is 1. The molecule has 0 atom stereocenters. The Hall–Kier alpha value is -4.00. The summed E-state index contributed by atoms with van der Waals surface area (Å²) in [6.07, 6.45) is 9.60. The summed E-state index contributed by atoms with van der Waals surface area (Å²) in [5, 5.41) is 7.66. The van der Waals surface area contributed by atoms with Gasteiger partial charge in [-0.3, -0.25) is 4.79 Å². The number of fused-ring (bicyclic) bond motifs is 2. The maximum absolute atomic E-state index is 13.3. The van der Waals surface area contributed by atoms with Crippen LogP contribution in [0.25, 0.3) is 22.2 Å². The second-order valence-electron chi connectivity index (χ2n) is 9.64. The van der Waals surface area contributed by atoms with Crippen LogP contribution in [0.3, 0.4) is 0 Å². The zero-order chi connectivity index (χ0) is 25.1. The van der Waals surface area contributed by atoms with Crippen molar-refractivity contribution in [1.82, 2.24) is 20.0 Å². The molecule has 2 aromatic heterocycles. The molecule has 0 aliphatic heterocycles. The normalized spacial score (nSPS) is 14.1. The molecule has 7 heteroatoms. The van der Waals surface area contributed by atoms with E-state index in [1.807, 2.05) is 36.4 Å². The molecule has 184 valence electrons. The van der Waals surface area contributed by atoms with E-state index >= 15 is 0 Å². The fourth-order valence-electron chi connectivity index (χ4n) is 4.64. The number of nitrogens with zero attached hydrogens (tertiary/aromatic N) is 4. The van der Waals surface area contributed by atoms with Gasteiger partial charge in [-0.15, -0.1) is 0 Å². The fraction of sp³-hybridized carbons (Fsp3) is 0.310. The maximum atomic E-state index is 13.3. The molecular formula is C29H32N6O. The highest BCUT2D eigenvalue weighted by molar-refractivity contribution is 6.10. The average Bonchev–Trinajstić information content (AvgIpc) is 3.16.